The van der Waals surface area contributed by atoms with Crippen LogP contribution in [-0.2, 0) is 9.53 Å². The van der Waals surface area contributed by atoms with Crippen molar-refractivity contribution < 1.29 is 14.6 Å². The average molecular weight is 175 g/mol. The van der Waals surface area contributed by atoms with E-state index in [0.717, 1.165) is 19.4 Å². The lowest BCUT2D eigenvalue weighted by atomic mass is 10.3. The van der Waals surface area contributed by atoms with Gasteiger partial charge < -0.3 is 14.7 Å². The minimum atomic E-state index is -0.900. The Morgan fingerprint density at radius 1 is 1.42 bits per heavy atom. The summed E-state index contributed by atoms with van der Waals surface area (Å²) in [5, 5.41) is 8.23. The number of ether oxygens (including phenoxy) is 1. The van der Waals surface area contributed by atoms with E-state index in [1.54, 1.807) is 0 Å². The number of hydrogen-bond donors (Lipinski definition) is 1. The van der Waals surface area contributed by atoms with Crippen molar-refractivity contribution in [2.45, 2.75) is 12.8 Å². The molecule has 0 aromatic carbocycles. The van der Waals surface area contributed by atoms with Crippen LogP contribution in [0.3, 0.4) is 0 Å². The number of unbranched alkanes of at least 4 members (excludes halogenated alkanes) is 1. The summed E-state index contributed by atoms with van der Waals surface area (Å²) < 4.78 is 4.86. The second kappa shape index (κ2) is 7.06. The molecular formula is C8H17NO3. The predicted molar refractivity (Wildman–Crippen MR) is 46.2 cm³/mol. The Bertz CT molecular complexity index is 125. The Labute approximate surface area is 73.1 Å². The fourth-order valence-corrected chi connectivity index (χ4v) is 0.792. The van der Waals surface area contributed by atoms with Crippen molar-refractivity contribution in [2.75, 3.05) is 33.9 Å². The van der Waals surface area contributed by atoms with E-state index in [1.807, 2.05) is 14.1 Å². The van der Waals surface area contributed by atoms with Gasteiger partial charge in [-0.3, -0.25) is 0 Å². The maximum Gasteiger partial charge on any atom is 0.329 e. The van der Waals surface area contributed by atoms with Gasteiger partial charge in [0, 0.05) is 6.61 Å². The van der Waals surface area contributed by atoms with Gasteiger partial charge in [0.15, 0.2) is 0 Å². The Kier molecular flexibility index (Phi) is 6.70. The highest BCUT2D eigenvalue weighted by Gasteiger charge is 1.95. The first-order valence-electron chi connectivity index (χ1n) is 4.07. The van der Waals surface area contributed by atoms with Crippen molar-refractivity contribution in [3.8, 4) is 0 Å². The molecule has 0 unspecified atom stereocenters. The van der Waals surface area contributed by atoms with E-state index < -0.39 is 5.97 Å². The van der Waals surface area contributed by atoms with Crippen LogP contribution in [0.25, 0.3) is 0 Å². The molecule has 0 spiro atoms. The molecule has 0 amide bonds. The van der Waals surface area contributed by atoms with E-state index >= 15 is 0 Å². The second-order valence-electron chi connectivity index (χ2n) is 2.96. The molecule has 0 saturated heterocycles. The van der Waals surface area contributed by atoms with Crippen LogP contribution >= 0.6 is 0 Å². The molecule has 0 aromatic heterocycles. The molecule has 4 nitrogen and oxygen atoms in total. The molecule has 0 atom stereocenters. The topological polar surface area (TPSA) is 49.8 Å². The number of carbonyl (C=O) groups is 1. The van der Waals surface area contributed by atoms with Crippen molar-refractivity contribution in [1.29, 1.82) is 0 Å². The van der Waals surface area contributed by atoms with E-state index in [-0.39, 0.29) is 6.61 Å². The summed E-state index contributed by atoms with van der Waals surface area (Å²) in [6.45, 7) is 1.39. The number of aliphatic carboxylic acids is 1. The van der Waals surface area contributed by atoms with E-state index in [0.29, 0.717) is 6.61 Å². The first-order valence-corrected chi connectivity index (χ1v) is 4.07. The van der Waals surface area contributed by atoms with Gasteiger partial charge in [-0.2, -0.15) is 0 Å². The summed E-state index contributed by atoms with van der Waals surface area (Å²) in [7, 11) is 4.02. The van der Waals surface area contributed by atoms with Crippen LogP contribution in [-0.4, -0.2) is 49.8 Å². The van der Waals surface area contributed by atoms with Crippen LogP contribution in [0.5, 0.6) is 0 Å². The smallest absolute Gasteiger partial charge is 0.329 e. The van der Waals surface area contributed by atoms with Gasteiger partial charge >= 0.3 is 5.97 Å². The fraction of sp³-hybridized carbons (Fsp3) is 0.875. The summed E-state index contributed by atoms with van der Waals surface area (Å²) >= 11 is 0. The summed E-state index contributed by atoms with van der Waals surface area (Å²) in [4.78, 5) is 12.1. The first-order chi connectivity index (χ1) is 5.63. The third-order valence-corrected chi connectivity index (χ3v) is 1.37. The van der Waals surface area contributed by atoms with Crippen LogP contribution in [0.1, 0.15) is 12.8 Å². The van der Waals surface area contributed by atoms with Crippen molar-refractivity contribution >= 4 is 5.97 Å². The zero-order valence-electron chi connectivity index (χ0n) is 7.75. The molecule has 72 valence electrons. The van der Waals surface area contributed by atoms with E-state index in [2.05, 4.69) is 4.90 Å². The first kappa shape index (κ1) is 11.4. The quantitative estimate of drug-likeness (QED) is 0.570. The number of carboxylic acids is 1. The molecule has 0 saturated carbocycles. The zero-order chi connectivity index (χ0) is 9.40. The standard InChI is InChI=1S/C8H17NO3/c1-9(2)5-3-4-6-12-7-8(10)11/h3-7H2,1-2H3,(H,10,11). The molecule has 0 fully saturated rings. The summed E-state index contributed by atoms with van der Waals surface area (Å²) in [6, 6.07) is 0. The molecule has 0 radical (unpaired) electrons. The van der Waals surface area contributed by atoms with Crippen LogP contribution in [0, 0.1) is 0 Å². The van der Waals surface area contributed by atoms with Gasteiger partial charge in [-0.15, -0.1) is 0 Å². The van der Waals surface area contributed by atoms with Gasteiger partial charge in [0.2, 0.25) is 0 Å². The summed E-state index contributed by atoms with van der Waals surface area (Å²) in [5.74, 6) is -0.900. The third kappa shape index (κ3) is 9.39. The maximum absolute atomic E-state index is 10.0. The number of hydrogen-bond acceptors (Lipinski definition) is 3. The molecule has 0 heterocycles. The largest absolute Gasteiger partial charge is 0.480 e. The molecule has 1 N–H and O–H groups in total. The van der Waals surface area contributed by atoms with Crippen molar-refractivity contribution in [3.05, 3.63) is 0 Å². The lowest BCUT2D eigenvalue weighted by Crippen LogP contribution is -2.14. The van der Waals surface area contributed by atoms with Gasteiger partial charge in [0.1, 0.15) is 6.61 Å². The van der Waals surface area contributed by atoms with Crippen molar-refractivity contribution in [1.82, 2.24) is 4.90 Å². The minimum Gasteiger partial charge on any atom is -0.480 e. The fourth-order valence-electron chi connectivity index (χ4n) is 0.792. The van der Waals surface area contributed by atoms with E-state index in [1.165, 1.54) is 0 Å². The molecular weight excluding hydrogens is 158 g/mol. The van der Waals surface area contributed by atoms with Gasteiger partial charge in [-0.1, -0.05) is 0 Å². The summed E-state index contributed by atoms with van der Waals surface area (Å²) in [5.41, 5.74) is 0. The van der Waals surface area contributed by atoms with Crippen LogP contribution in [0.2, 0.25) is 0 Å². The highest BCUT2D eigenvalue weighted by Crippen LogP contribution is 1.91. The lowest BCUT2D eigenvalue weighted by molar-refractivity contribution is -0.142. The van der Waals surface area contributed by atoms with Crippen molar-refractivity contribution in [2.24, 2.45) is 0 Å². The van der Waals surface area contributed by atoms with E-state index in [4.69, 9.17) is 9.84 Å². The average Bonchev–Trinajstić information content (AvgIpc) is 1.95. The highest BCUT2D eigenvalue weighted by atomic mass is 16.5. The number of carboxylic acid groups (broad SMARTS) is 1. The van der Waals surface area contributed by atoms with E-state index in [9.17, 15) is 4.79 Å². The maximum atomic E-state index is 10.0. The van der Waals surface area contributed by atoms with Gasteiger partial charge in [0.25, 0.3) is 0 Å². The Morgan fingerprint density at radius 2 is 2.08 bits per heavy atom. The van der Waals surface area contributed by atoms with Crippen LogP contribution < -0.4 is 0 Å². The zero-order valence-corrected chi connectivity index (χ0v) is 7.75. The third-order valence-electron chi connectivity index (χ3n) is 1.37. The molecule has 0 aliphatic heterocycles. The van der Waals surface area contributed by atoms with Gasteiger partial charge in [-0.25, -0.2) is 4.79 Å². The molecule has 0 aliphatic carbocycles. The molecule has 0 rings (SSSR count). The molecule has 0 aromatic rings. The Balaban J connectivity index is 2.96. The molecule has 0 aliphatic rings. The Hall–Kier alpha value is -0.610. The second-order valence-corrected chi connectivity index (χ2v) is 2.96. The molecule has 12 heavy (non-hydrogen) atoms. The lowest BCUT2D eigenvalue weighted by Gasteiger charge is -2.08. The minimum absolute atomic E-state index is 0.179. The summed E-state index contributed by atoms with van der Waals surface area (Å²) in [6.07, 6.45) is 1.97. The SMILES string of the molecule is CN(C)CCCCOCC(=O)O. The predicted octanol–water partition coefficient (Wildman–Crippen LogP) is 0.429. The monoisotopic (exact) mass is 175 g/mol. The van der Waals surface area contributed by atoms with Crippen LogP contribution in [0.15, 0.2) is 0 Å². The highest BCUT2D eigenvalue weighted by molar-refractivity contribution is 5.67. The Morgan fingerprint density at radius 3 is 2.58 bits per heavy atom. The number of rotatable bonds is 7. The number of nitrogens with zero attached hydrogens (tertiary/aromatic N) is 1. The van der Waals surface area contributed by atoms with Gasteiger partial charge in [-0.05, 0) is 33.5 Å². The molecule has 0 bridgehead atoms. The normalized spacial score (nSPS) is 10.6. The molecule has 4 heteroatoms. The van der Waals surface area contributed by atoms with Gasteiger partial charge in [0.05, 0.1) is 0 Å². The van der Waals surface area contributed by atoms with Crippen LogP contribution in [0.4, 0.5) is 0 Å². The van der Waals surface area contributed by atoms with Crippen molar-refractivity contribution in [3.63, 3.8) is 0 Å².